The number of para-hydroxylation sites is 1. The van der Waals surface area contributed by atoms with Crippen LogP contribution in [0.25, 0.3) is 0 Å². The Morgan fingerprint density at radius 3 is 2.22 bits per heavy atom. The highest BCUT2D eigenvalue weighted by atomic mass is 16.6. The third kappa shape index (κ3) is 3.69. The number of ether oxygens (including phenoxy) is 2. The van der Waals surface area contributed by atoms with E-state index in [4.69, 9.17) is 4.74 Å². The maximum Gasteiger partial charge on any atom is 0.349 e. The fourth-order valence-corrected chi connectivity index (χ4v) is 1.15. The molecule has 0 heterocycles. The number of hydrogen-bond acceptors (Lipinski definition) is 5. The van der Waals surface area contributed by atoms with Crippen LogP contribution in [0.5, 0.6) is 5.75 Å². The Morgan fingerprint density at radius 2 is 1.61 bits per heavy atom. The van der Waals surface area contributed by atoms with Crippen molar-refractivity contribution in [2.24, 2.45) is 0 Å². The molecule has 0 N–H and O–H groups in total. The third-order valence-electron chi connectivity index (χ3n) is 2.11. The van der Waals surface area contributed by atoms with Crippen molar-refractivity contribution < 1.29 is 23.9 Å². The minimum absolute atomic E-state index is 0.0566. The summed E-state index contributed by atoms with van der Waals surface area (Å²) in [6.45, 7) is 3.22. The molecule has 0 saturated heterocycles. The summed E-state index contributed by atoms with van der Waals surface area (Å²) in [4.78, 5) is 33.9. The van der Waals surface area contributed by atoms with Crippen molar-refractivity contribution >= 4 is 17.9 Å². The molecule has 18 heavy (non-hydrogen) atoms. The van der Waals surface area contributed by atoms with Gasteiger partial charge in [0, 0.05) is 12.8 Å². The van der Waals surface area contributed by atoms with E-state index in [0.29, 0.717) is 0 Å². The van der Waals surface area contributed by atoms with Crippen LogP contribution in [0.2, 0.25) is 0 Å². The first kappa shape index (κ1) is 13.9. The van der Waals surface area contributed by atoms with Crippen LogP contribution in [0, 0.1) is 0 Å². The lowest BCUT2D eigenvalue weighted by Crippen LogP contribution is -2.14. The molecule has 1 aromatic carbocycles. The zero-order valence-electron chi connectivity index (χ0n) is 10.3. The van der Waals surface area contributed by atoms with Gasteiger partial charge in [0.1, 0.15) is 11.3 Å². The highest BCUT2D eigenvalue weighted by molar-refractivity contribution is 5.99. The first-order valence-electron chi connectivity index (χ1n) is 5.63. The van der Waals surface area contributed by atoms with Crippen molar-refractivity contribution in [3.8, 4) is 5.75 Å². The van der Waals surface area contributed by atoms with Crippen LogP contribution in [0.3, 0.4) is 0 Å². The lowest BCUT2D eigenvalue weighted by molar-refractivity contribution is -0.137. The Morgan fingerprint density at radius 1 is 1.00 bits per heavy atom. The van der Waals surface area contributed by atoms with Gasteiger partial charge in [-0.2, -0.15) is 0 Å². The van der Waals surface area contributed by atoms with Crippen LogP contribution in [-0.2, 0) is 14.3 Å². The van der Waals surface area contributed by atoms with E-state index in [9.17, 15) is 14.4 Å². The van der Waals surface area contributed by atoms with Gasteiger partial charge in [-0.3, -0.25) is 9.59 Å². The zero-order valence-corrected chi connectivity index (χ0v) is 10.3. The first-order chi connectivity index (χ1) is 8.58. The molecule has 0 aromatic heterocycles. The van der Waals surface area contributed by atoms with Crippen LogP contribution in [-0.4, -0.2) is 17.9 Å². The molecular weight excluding hydrogens is 236 g/mol. The van der Waals surface area contributed by atoms with E-state index in [1.807, 2.05) is 0 Å². The van der Waals surface area contributed by atoms with Crippen LogP contribution in [0.1, 0.15) is 37.0 Å². The molecule has 0 fully saturated rings. The number of carbonyl (C=O) groups is 3. The molecule has 1 aromatic rings. The lowest BCUT2D eigenvalue weighted by atomic mass is 10.2. The van der Waals surface area contributed by atoms with Crippen molar-refractivity contribution in [2.75, 3.05) is 0 Å². The van der Waals surface area contributed by atoms with Crippen LogP contribution < -0.4 is 4.74 Å². The van der Waals surface area contributed by atoms with Crippen molar-refractivity contribution in [2.45, 2.75) is 26.7 Å². The van der Waals surface area contributed by atoms with Gasteiger partial charge in [-0.1, -0.05) is 26.0 Å². The molecule has 1 rings (SSSR count). The molecule has 0 unspecified atom stereocenters. The number of hydrogen-bond donors (Lipinski definition) is 0. The summed E-state index contributed by atoms with van der Waals surface area (Å²) in [5, 5.41) is 0. The van der Waals surface area contributed by atoms with Crippen molar-refractivity contribution in [1.29, 1.82) is 0 Å². The van der Waals surface area contributed by atoms with Crippen molar-refractivity contribution in [3.63, 3.8) is 0 Å². The SMILES string of the molecule is CCC(=O)OC(=O)c1ccccc1OC(=O)CC. The van der Waals surface area contributed by atoms with Gasteiger partial charge < -0.3 is 9.47 Å². The summed E-state index contributed by atoms with van der Waals surface area (Å²) in [6.07, 6.45) is 0.292. The number of rotatable bonds is 4. The summed E-state index contributed by atoms with van der Waals surface area (Å²) in [7, 11) is 0. The maximum atomic E-state index is 11.7. The van der Waals surface area contributed by atoms with E-state index >= 15 is 0 Å². The van der Waals surface area contributed by atoms with E-state index < -0.39 is 17.9 Å². The van der Waals surface area contributed by atoms with Gasteiger partial charge in [0.25, 0.3) is 0 Å². The van der Waals surface area contributed by atoms with Gasteiger partial charge in [-0.05, 0) is 12.1 Å². The van der Waals surface area contributed by atoms with Gasteiger partial charge in [0.05, 0.1) is 0 Å². The summed E-state index contributed by atoms with van der Waals surface area (Å²) < 4.78 is 9.55. The van der Waals surface area contributed by atoms with Crippen molar-refractivity contribution in [1.82, 2.24) is 0 Å². The average molecular weight is 250 g/mol. The minimum atomic E-state index is -0.818. The Kier molecular flexibility index (Phi) is 5.05. The number of carbonyl (C=O) groups excluding carboxylic acids is 3. The summed E-state index contributed by atoms with van der Waals surface area (Å²) in [5.41, 5.74) is 0.0566. The topological polar surface area (TPSA) is 69.7 Å². The minimum Gasteiger partial charge on any atom is -0.426 e. The van der Waals surface area contributed by atoms with E-state index in [2.05, 4.69) is 4.74 Å². The standard InChI is InChI=1S/C13H14O5/c1-3-11(14)17-10-8-6-5-7-9(10)13(16)18-12(15)4-2/h5-8H,3-4H2,1-2H3. The molecule has 0 aliphatic rings. The second-order valence-corrected chi connectivity index (χ2v) is 3.44. The summed E-state index contributed by atoms with van der Waals surface area (Å²) >= 11 is 0. The Bertz CT molecular complexity index is 464. The largest absolute Gasteiger partial charge is 0.426 e. The molecule has 0 saturated carbocycles. The summed E-state index contributed by atoms with van der Waals surface area (Å²) in [5.74, 6) is -1.81. The molecule has 0 aliphatic heterocycles. The summed E-state index contributed by atoms with van der Waals surface area (Å²) in [6, 6.07) is 6.12. The van der Waals surface area contributed by atoms with Gasteiger partial charge in [-0.15, -0.1) is 0 Å². The highest BCUT2D eigenvalue weighted by Crippen LogP contribution is 2.19. The predicted octanol–water partition coefficient (Wildman–Crippen LogP) is 2.10. The Labute approximate surface area is 105 Å². The maximum absolute atomic E-state index is 11.7. The van der Waals surface area contributed by atoms with E-state index in [-0.39, 0.29) is 24.2 Å². The molecule has 0 spiro atoms. The fraction of sp³-hybridized carbons (Fsp3) is 0.308. The third-order valence-corrected chi connectivity index (χ3v) is 2.11. The van der Waals surface area contributed by atoms with Gasteiger partial charge in [0.15, 0.2) is 0 Å². The van der Waals surface area contributed by atoms with E-state index in [0.717, 1.165) is 0 Å². The first-order valence-corrected chi connectivity index (χ1v) is 5.63. The van der Waals surface area contributed by atoms with E-state index in [1.54, 1.807) is 26.0 Å². The second-order valence-electron chi connectivity index (χ2n) is 3.44. The monoisotopic (exact) mass is 250 g/mol. The number of benzene rings is 1. The van der Waals surface area contributed by atoms with Gasteiger partial charge in [-0.25, -0.2) is 4.79 Å². The quantitative estimate of drug-likeness (QED) is 0.465. The molecule has 0 amide bonds. The van der Waals surface area contributed by atoms with Crippen LogP contribution in [0.15, 0.2) is 24.3 Å². The molecule has 0 radical (unpaired) electrons. The molecule has 0 atom stereocenters. The Balaban J connectivity index is 2.91. The molecule has 0 bridgehead atoms. The molecule has 5 heteroatoms. The molecule has 5 nitrogen and oxygen atoms in total. The van der Waals surface area contributed by atoms with Crippen LogP contribution >= 0.6 is 0 Å². The molecule has 0 aliphatic carbocycles. The second kappa shape index (κ2) is 6.54. The van der Waals surface area contributed by atoms with E-state index in [1.165, 1.54) is 12.1 Å². The molecule has 96 valence electrons. The molecular formula is C13H14O5. The predicted molar refractivity (Wildman–Crippen MR) is 63.1 cm³/mol. The van der Waals surface area contributed by atoms with Gasteiger partial charge >= 0.3 is 17.9 Å². The highest BCUT2D eigenvalue weighted by Gasteiger charge is 2.17. The average Bonchev–Trinajstić information content (AvgIpc) is 2.38. The smallest absolute Gasteiger partial charge is 0.349 e. The normalized spacial score (nSPS) is 9.67. The zero-order chi connectivity index (χ0) is 13.5. The number of esters is 3. The van der Waals surface area contributed by atoms with Crippen molar-refractivity contribution in [3.05, 3.63) is 29.8 Å². The lowest BCUT2D eigenvalue weighted by Gasteiger charge is -2.08. The van der Waals surface area contributed by atoms with Gasteiger partial charge in [0.2, 0.25) is 0 Å². The Hall–Kier alpha value is -2.17. The van der Waals surface area contributed by atoms with Crippen LogP contribution in [0.4, 0.5) is 0 Å². The fourth-order valence-electron chi connectivity index (χ4n) is 1.15.